The molecule has 0 spiro atoms. The fraction of sp³-hybridized carbons (Fsp3) is 0.400. The smallest absolute Gasteiger partial charge is 0.00558 e. The van der Waals surface area contributed by atoms with E-state index in [0.717, 1.165) is 0 Å². The maximum absolute atomic E-state index is 2.28. The van der Waals surface area contributed by atoms with Gasteiger partial charge in [0.2, 0.25) is 0 Å². The first-order valence-corrected chi connectivity index (χ1v) is 1.99. The van der Waals surface area contributed by atoms with Gasteiger partial charge in [0.1, 0.15) is 0 Å². The molecule has 0 aromatic rings. The van der Waals surface area contributed by atoms with Crippen LogP contribution in [0.1, 0.15) is 12.8 Å². The molecule has 5 heavy (non-hydrogen) atoms. The number of rotatable bonds is 0. The van der Waals surface area contributed by atoms with Gasteiger partial charge in [-0.1, -0.05) is 11.6 Å². The molecule has 0 heterocycles. The minimum absolute atomic E-state index is 1.36. The van der Waals surface area contributed by atoms with Gasteiger partial charge in [-0.05, 0) is 12.8 Å². The number of hydrogen-bond donors (Lipinski definition) is 0. The van der Waals surface area contributed by atoms with Crippen LogP contribution in [0.4, 0.5) is 0 Å². The lowest BCUT2D eigenvalue weighted by Gasteiger charge is -2.37. The van der Waals surface area contributed by atoms with Gasteiger partial charge in [-0.2, -0.15) is 0 Å². The van der Waals surface area contributed by atoms with Crippen molar-refractivity contribution in [3.63, 3.8) is 0 Å². The third-order valence-electron chi connectivity index (χ3n) is 1.32. The number of allylic oxidation sites excluding steroid dienone is 2. The van der Waals surface area contributed by atoms with Crippen molar-refractivity contribution in [2.24, 2.45) is 0 Å². The molecule has 0 heteroatoms. The maximum atomic E-state index is 2.28. The fourth-order valence-corrected chi connectivity index (χ4v) is 0.762. The highest BCUT2D eigenvalue weighted by molar-refractivity contribution is 5.47. The molecular formula is C5H5. The predicted molar refractivity (Wildman–Crippen MR) is 20.6 cm³/mol. The fourth-order valence-electron chi connectivity index (χ4n) is 0.762. The lowest BCUT2D eigenvalue weighted by molar-refractivity contribution is 0.669. The molecular weight excluding hydrogens is 60.1 g/mol. The summed E-state index contributed by atoms with van der Waals surface area (Å²) in [5.41, 5.74) is 1.67. The third kappa shape index (κ3) is 0.0822. The predicted octanol–water partition coefficient (Wildman–Crippen LogP) is 1.29. The van der Waals surface area contributed by atoms with E-state index in [-0.39, 0.29) is 0 Å². The summed E-state index contributed by atoms with van der Waals surface area (Å²) in [5.74, 6) is 1.67. The molecule has 0 atom stereocenters. The minimum atomic E-state index is 1.36. The SMILES string of the molecule is C1=C2C[C]1C2. The second kappa shape index (κ2) is 0.368. The van der Waals surface area contributed by atoms with Gasteiger partial charge in [-0.3, -0.25) is 0 Å². The van der Waals surface area contributed by atoms with Crippen LogP contribution < -0.4 is 0 Å². The summed E-state index contributed by atoms with van der Waals surface area (Å²) >= 11 is 0. The standard InChI is InChI=1S/C5H5/c1-4-2-5(1)3-4/h1H,2-3H2. The molecule has 1 fully saturated rings. The summed E-state index contributed by atoms with van der Waals surface area (Å²) in [6.07, 6.45) is 5.00. The zero-order valence-electron chi connectivity index (χ0n) is 2.99. The van der Waals surface area contributed by atoms with Gasteiger partial charge >= 0.3 is 0 Å². The summed E-state index contributed by atoms with van der Waals surface area (Å²) in [6, 6.07) is 0. The van der Waals surface area contributed by atoms with Crippen molar-refractivity contribution in [3.05, 3.63) is 17.6 Å². The number of hydrogen-bond acceptors (Lipinski definition) is 0. The lowest BCUT2D eigenvalue weighted by Crippen LogP contribution is -2.21. The molecule has 0 aromatic carbocycles. The summed E-state index contributed by atoms with van der Waals surface area (Å²) in [6.45, 7) is 0. The first-order chi connectivity index (χ1) is 2.45. The molecule has 3 aliphatic rings. The second-order valence-electron chi connectivity index (χ2n) is 1.81. The molecule has 25 valence electrons. The molecule has 0 saturated heterocycles. The van der Waals surface area contributed by atoms with Gasteiger partial charge in [0.15, 0.2) is 0 Å². The third-order valence-corrected chi connectivity index (χ3v) is 1.32. The van der Waals surface area contributed by atoms with E-state index in [1.165, 1.54) is 12.8 Å². The van der Waals surface area contributed by atoms with Crippen molar-refractivity contribution in [2.75, 3.05) is 0 Å². The van der Waals surface area contributed by atoms with Crippen molar-refractivity contribution in [2.45, 2.75) is 12.8 Å². The van der Waals surface area contributed by atoms with Gasteiger partial charge < -0.3 is 0 Å². The summed E-state index contributed by atoms with van der Waals surface area (Å²) in [7, 11) is 0. The van der Waals surface area contributed by atoms with Gasteiger partial charge in [0.25, 0.3) is 0 Å². The monoisotopic (exact) mass is 65.0 g/mol. The van der Waals surface area contributed by atoms with Gasteiger partial charge in [-0.15, -0.1) is 0 Å². The zero-order chi connectivity index (χ0) is 3.28. The molecule has 0 nitrogen and oxygen atoms in total. The van der Waals surface area contributed by atoms with Crippen molar-refractivity contribution >= 4 is 0 Å². The summed E-state index contributed by atoms with van der Waals surface area (Å²) < 4.78 is 0. The lowest BCUT2D eigenvalue weighted by atomic mass is 9.67. The largest absolute Gasteiger partial charge is 0.0775 e. The van der Waals surface area contributed by atoms with Crippen LogP contribution in [0, 0.1) is 5.92 Å². The summed E-state index contributed by atoms with van der Waals surface area (Å²) in [4.78, 5) is 0. The Kier molecular flexibility index (Phi) is 0.148. The van der Waals surface area contributed by atoms with Crippen LogP contribution in [-0.4, -0.2) is 0 Å². The maximum Gasteiger partial charge on any atom is 0.00558 e. The van der Waals surface area contributed by atoms with E-state index in [9.17, 15) is 0 Å². The van der Waals surface area contributed by atoms with Crippen molar-refractivity contribution in [1.82, 2.24) is 0 Å². The molecule has 1 saturated carbocycles. The second-order valence-corrected chi connectivity index (χ2v) is 1.81. The van der Waals surface area contributed by atoms with E-state index in [2.05, 4.69) is 6.08 Å². The van der Waals surface area contributed by atoms with Crippen molar-refractivity contribution in [3.8, 4) is 0 Å². The Morgan fingerprint density at radius 3 is 1.60 bits per heavy atom. The average molecular weight is 65.1 g/mol. The Balaban J connectivity index is 2.57. The molecule has 0 aliphatic heterocycles. The molecule has 0 aromatic heterocycles. The van der Waals surface area contributed by atoms with Crippen LogP contribution in [0.3, 0.4) is 0 Å². The van der Waals surface area contributed by atoms with Crippen molar-refractivity contribution in [1.29, 1.82) is 0 Å². The highest BCUT2D eigenvalue weighted by Crippen LogP contribution is 2.47. The van der Waals surface area contributed by atoms with Crippen LogP contribution in [0.2, 0.25) is 0 Å². The Hall–Kier alpha value is -0.260. The van der Waals surface area contributed by atoms with Crippen LogP contribution >= 0.6 is 0 Å². The summed E-state index contributed by atoms with van der Waals surface area (Å²) in [5, 5.41) is 0. The highest BCUT2D eigenvalue weighted by atomic mass is 14.4. The molecule has 2 bridgehead atoms. The highest BCUT2D eigenvalue weighted by Gasteiger charge is 2.31. The molecule has 0 N–H and O–H groups in total. The van der Waals surface area contributed by atoms with E-state index in [4.69, 9.17) is 0 Å². The Morgan fingerprint density at radius 1 is 1.40 bits per heavy atom. The molecule has 0 amide bonds. The van der Waals surface area contributed by atoms with Crippen LogP contribution in [0.25, 0.3) is 0 Å². The van der Waals surface area contributed by atoms with E-state index >= 15 is 0 Å². The van der Waals surface area contributed by atoms with Gasteiger partial charge in [0.05, 0.1) is 0 Å². The molecule has 1 radical (unpaired) electrons. The molecule has 3 rings (SSSR count). The van der Waals surface area contributed by atoms with Crippen molar-refractivity contribution < 1.29 is 0 Å². The minimum Gasteiger partial charge on any atom is -0.0775 e. The van der Waals surface area contributed by atoms with Crippen LogP contribution in [-0.2, 0) is 0 Å². The van der Waals surface area contributed by atoms with E-state index in [0.29, 0.717) is 0 Å². The van der Waals surface area contributed by atoms with Gasteiger partial charge in [-0.25, -0.2) is 0 Å². The van der Waals surface area contributed by atoms with Gasteiger partial charge in [0, 0.05) is 5.92 Å². The first kappa shape index (κ1) is 2.01. The zero-order valence-corrected chi connectivity index (χ0v) is 2.99. The molecule has 3 aliphatic carbocycles. The van der Waals surface area contributed by atoms with E-state index in [1.54, 1.807) is 11.5 Å². The topological polar surface area (TPSA) is 0 Å². The van der Waals surface area contributed by atoms with E-state index < -0.39 is 0 Å². The Labute approximate surface area is 31.5 Å². The average Bonchev–Trinajstić information content (AvgIpc) is 0.592. The Bertz CT molecular complexity index is 82.2. The van der Waals surface area contributed by atoms with Crippen LogP contribution in [0.5, 0.6) is 0 Å². The van der Waals surface area contributed by atoms with Crippen LogP contribution in [0.15, 0.2) is 11.6 Å². The quantitative estimate of drug-likeness (QED) is 0.399. The Morgan fingerprint density at radius 2 is 1.60 bits per heavy atom. The molecule has 0 unspecified atom stereocenters. The first-order valence-electron chi connectivity index (χ1n) is 1.99. The van der Waals surface area contributed by atoms with E-state index in [1.807, 2.05) is 0 Å². The normalized spacial score (nSPS) is 30.8.